The van der Waals surface area contributed by atoms with Gasteiger partial charge in [0.2, 0.25) is 0 Å². The number of aromatic hydroxyl groups is 1. The molecule has 0 aromatic heterocycles. The normalized spacial score (nSPS) is 10.8. The van der Waals surface area contributed by atoms with Gasteiger partial charge in [-0.2, -0.15) is 0 Å². The summed E-state index contributed by atoms with van der Waals surface area (Å²) in [5.74, 6) is 0.560. The zero-order valence-electron chi connectivity index (χ0n) is 12.8. The molecular formula is C18H30O. The first-order valence-corrected chi connectivity index (χ1v) is 8.09. The average Bonchev–Trinajstić information content (AvgIpc) is 2.43. The van der Waals surface area contributed by atoms with Crippen molar-refractivity contribution < 1.29 is 5.11 Å². The SMILES string of the molecule is CCCCCCCCc1cccc(CCCC)c1O. The highest BCUT2D eigenvalue weighted by atomic mass is 16.3. The van der Waals surface area contributed by atoms with E-state index in [1.807, 2.05) is 0 Å². The van der Waals surface area contributed by atoms with Crippen LogP contribution < -0.4 is 0 Å². The van der Waals surface area contributed by atoms with Crippen LogP contribution in [-0.2, 0) is 12.8 Å². The number of hydrogen-bond donors (Lipinski definition) is 1. The molecule has 1 rings (SSSR count). The average molecular weight is 262 g/mol. The van der Waals surface area contributed by atoms with Gasteiger partial charge in [0.15, 0.2) is 0 Å². The van der Waals surface area contributed by atoms with Crippen molar-refractivity contribution in [1.29, 1.82) is 0 Å². The maximum Gasteiger partial charge on any atom is 0.121 e. The van der Waals surface area contributed by atoms with Gasteiger partial charge in [-0.15, -0.1) is 0 Å². The van der Waals surface area contributed by atoms with Gasteiger partial charge in [0.05, 0.1) is 0 Å². The second-order valence-electron chi connectivity index (χ2n) is 5.55. The zero-order valence-corrected chi connectivity index (χ0v) is 12.8. The van der Waals surface area contributed by atoms with E-state index in [0.29, 0.717) is 5.75 Å². The molecule has 0 spiro atoms. The van der Waals surface area contributed by atoms with Crippen LogP contribution in [0.1, 0.15) is 76.3 Å². The molecule has 0 heterocycles. The third kappa shape index (κ3) is 6.13. The Hall–Kier alpha value is -0.980. The second-order valence-corrected chi connectivity index (χ2v) is 5.55. The van der Waals surface area contributed by atoms with Crippen molar-refractivity contribution in [3.63, 3.8) is 0 Å². The predicted molar refractivity (Wildman–Crippen MR) is 83.8 cm³/mol. The van der Waals surface area contributed by atoms with E-state index in [2.05, 4.69) is 32.0 Å². The molecule has 1 aromatic carbocycles. The van der Waals surface area contributed by atoms with Crippen LogP contribution in [0.2, 0.25) is 0 Å². The largest absolute Gasteiger partial charge is 0.507 e. The first-order valence-electron chi connectivity index (χ1n) is 8.09. The summed E-state index contributed by atoms with van der Waals surface area (Å²) in [6.07, 6.45) is 12.2. The maximum absolute atomic E-state index is 10.3. The molecule has 1 nitrogen and oxygen atoms in total. The Morgan fingerprint density at radius 2 is 1.26 bits per heavy atom. The number of unbranched alkanes of at least 4 members (excludes halogenated alkanes) is 6. The van der Waals surface area contributed by atoms with E-state index >= 15 is 0 Å². The van der Waals surface area contributed by atoms with Gasteiger partial charge in [-0.25, -0.2) is 0 Å². The number of phenols is 1. The standard InChI is InChI=1S/C18H30O/c1-3-5-7-8-9-10-13-17-15-11-14-16(18(17)19)12-6-4-2/h11,14-15,19H,3-10,12-13H2,1-2H3. The molecule has 0 radical (unpaired) electrons. The third-order valence-electron chi connectivity index (χ3n) is 3.80. The maximum atomic E-state index is 10.3. The van der Waals surface area contributed by atoms with E-state index in [4.69, 9.17) is 0 Å². The van der Waals surface area contributed by atoms with Crippen LogP contribution in [0.5, 0.6) is 5.75 Å². The highest BCUT2D eigenvalue weighted by Gasteiger charge is 2.06. The Morgan fingerprint density at radius 3 is 1.89 bits per heavy atom. The molecule has 0 bridgehead atoms. The summed E-state index contributed by atoms with van der Waals surface area (Å²) >= 11 is 0. The summed E-state index contributed by atoms with van der Waals surface area (Å²) in [7, 11) is 0. The lowest BCUT2D eigenvalue weighted by molar-refractivity contribution is 0.457. The van der Waals surface area contributed by atoms with Crippen LogP contribution in [-0.4, -0.2) is 5.11 Å². The first kappa shape index (κ1) is 16.1. The van der Waals surface area contributed by atoms with Crippen molar-refractivity contribution in [1.82, 2.24) is 0 Å². The summed E-state index contributed by atoms with van der Waals surface area (Å²) in [5, 5.41) is 10.3. The molecule has 0 amide bonds. The molecule has 1 aromatic rings. The van der Waals surface area contributed by atoms with Gasteiger partial charge in [0.1, 0.15) is 5.75 Å². The number of phenolic OH excluding ortho intramolecular Hbond substituents is 1. The van der Waals surface area contributed by atoms with E-state index in [9.17, 15) is 5.11 Å². The fraction of sp³-hybridized carbons (Fsp3) is 0.667. The van der Waals surface area contributed by atoms with Gasteiger partial charge in [-0.3, -0.25) is 0 Å². The summed E-state index contributed by atoms with van der Waals surface area (Å²) in [6, 6.07) is 6.24. The van der Waals surface area contributed by atoms with Crippen molar-refractivity contribution in [3.8, 4) is 5.75 Å². The molecule has 0 fully saturated rings. The Bertz CT molecular complexity index is 344. The van der Waals surface area contributed by atoms with Crippen LogP contribution in [0.25, 0.3) is 0 Å². The molecule has 1 heteroatoms. The lowest BCUT2D eigenvalue weighted by Gasteiger charge is -2.09. The zero-order chi connectivity index (χ0) is 13.9. The highest BCUT2D eigenvalue weighted by molar-refractivity contribution is 5.40. The monoisotopic (exact) mass is 262 g/mol. The van der Waals surface area contributed by atoms with Gasteiger partial charge >= 0.3 is 0 Å². The van der Waals surface area contributed by atoms with Crippen molar-refractivity contribution in [2.45, 2.75) is 78.1 Å². The van der Waals surface area contributed by atoms with Crippen LogP contribution in [0.4, 0.5) is 0 Å². The fourth-order valence-corrected chi connectivity index (χ4v) is 2.51. The molecule has 0 saturated carbocycles. The Labute approximate surface area is 119 Å². The van der Waals surface area contributed by atoms with Gasteiger partial charge < -0.3 is 5.11 Å². The number of aryl methyl sites for hydroxylation is 2. The van der Waals surface area contributed by atoms with E-state index in [-0.39, 0.29) is 0 Å². The van der Waals surface area contributed by atoms with Gasteiger partial charge in [-0.1, -0.05) is 70.6 Å². The molecule has 108 valence electrons. The fourth-order valence-electron chi connectivity index (χ4n) is 2.51. The molecule has 0 aliphatic carbocycles. The van der Waals surface area contributed by atoms with Crippen LogP contribution in [0.3, 0.4) is 0 Å². The molecule has 0 aliphatic heterocycles. The summed E-state index contributed by atoms with van der Waals surface area (Å²) in [5.41, 5.74) is 2.27. The Balaban J connectivity index is 2.36. The first-order chi connectivity index (χ1) is 9.29. The van der Waals surface area contributed by atoms with Gasteiger partial charge in [0, 0.05) is 0 Å². The molecule has 0 unspecified atom stereocenters. The van der Waals surface area contributed by atoms with Crippen LogP contribution in [0.15, 0.2) is 18.2 Å². The van der Waals surface area contributed by atoms with Crippen molar-refractivity contribution in [3.05, 3.63) is 29.3 Å². The molecule has 0 atom stereocenters. The van der Waals surface area contributed by atoms with Crippen LogP contribution in [0, 0.1) is 0 Å². The van der Waals surface area contributed by atoms with Gasteiger partial charge in [-0.05, 0) is 36.8 Å². The van der Waals surface area contributed by atoms with Crippen molar-refractivity contribution >= 4 is 0 Å². The van der Waals surface area contributed by atoms with E-state index < -0.39 is 0 Å². The number of hydrogen-bond acceptors (Lipinski definition) is 1. The number of rotatable bonds is 10. The highest BCUT2D eigenvalue weighted by Crippen LogP contribution is 2.25. The van der Waals surface area contributed by atoms with E-state index in [1.165, 1.54) is 44.9 Å². The van der Waals surface area contributed by atoms with E-state index in [1.54, 1.807) is 0 Å². The van der Waals surface area contributed by atoms with Crippen LogP contribution >= 0.6 is 0 Å². The summed E-state index contributed by atoms with van der Waals surface area (Å²) in [4.78, 5) is 0. The number of benzene rings is 1. The Morgan fingerprint density at radius 1 is 0.737 bits per heavy atom. The minimum absolute atomic E-state index is 0.560. The number of para-hydroxylation sites is 1. The quantitative estimate of drug-likeness (QED) is 0.541. The lowest BCUT2D eigenvalue weighted by atomic mass is 9.99. The third-order valence-corrected chi connectivity index (χ3v) is 3.80. The topological polar surface area (TPSA) is 20.2 Å². The molecule has 0 aliphatic rings. The molecular weight excluding hydrogens is 232 g/mol. The summed E-state index contributed by atoms with van der Waals surface area (Å²) in [6.45, 7) is 4.44. The molecule has 0 saturated heterocycles. The molecule has 1 N–H and O–H groups in total. The van der Waals surface area contributed by atoms with Gasteiger partial charge in [0.25, 0.3) is 0 Å². The summed E-state index contributed by atoms with van der Waals surface area (Å²) < 4.78 is 0. The van der Waals surface area contributed by atoms with Crippen molar-refractivity contribution in [2.75, 3.05) is 0 Å². The minimum atomic E-state index is 0.560. The smallest absolute Gasteiger partial charge is 0.121 e. The van der Waals surface area contributed by atoms with E-state index in [0.717, 1.165) is 30.4 Å². The second kappa shape index (κ2) is 9.89. The predicted octanol–water partition coefficient (Wildman–Crippen LogP) is 5.64. The molecule has 19 heavy (non-hydrogen) atoms. The minimum Gasteiger partial charge on any atom is -0.507 e. The lowest BCUT2D eigenvalue weighted by Crippen LogP contribution is -1.92. The Kier molecular flexibility index (Phi) is 8.36. The van der Waals surface area contributed by atoms with Crippen molar-refractivity contribution in [2.24, 2.45) is 0 Å².